The minimum atomic E-state index is -0.775. The lowest BCUT2D eigenvalue weighted by molar-refractivity contribution is 0.0925. The van der Waals surface area contributed by atoms with Gasteiger partial charge in [0.15, 0.2) is 0 Å². The first-order valence-corrected chi connectivity index (χ1v) is 6.79. The molecule has 1 fully saturated rings. The Bertz CT molecular complexity index is 518. The first-order chi connectivity index (χ1) is 8.56. The number of hydrogen-bond acceptors (Lipinski definition) is 3. The largest absolute Gasteiger partial charge is 0.333 e. The van der Waals surface area contributed by atoms with Crippen LogP contribution in [0.25, 0.3) is 0 Å². The zero-order chi connectivity index (χ0) is 13.2. The fourth-order valence-electron chi connectivity index (χ4n) is 1.95. The van der Waals surface area contributed by atoms with E-state index in [0.717, 1.165) is 5.75 Å². The average molecular weight is 264 g/mol. The molecule has 0 aliphatic carbocycles. The van der Waals surface area contributed by atoms with Crippen molar-refractivity contribution >= 4 is 17.7 Å². The maximum Gasteiger partial charge on any atom is 0.252 e. The summed E-state index contributed by atoms with van der Waals surface area (Å²) in [6.45, 7) is 1.68. The lowest BCUT2D eigenvalue weighted by Gasteiger charge is -2.21. The van der Waals surface area contributed by atoms with Crippen molar-refractivity contribution in [1.29, 1.82) is 5.26 Å². The van der Waals surface area contributed by atoms with Gasteiger partial charge in [-0.05, 0) is 42.9 Å². The van der Waals surface area contributed by atoms with Gasteiger partial charge in [0.05, 0.1) is 6.07 Å². The van der Waals surface area contributed by atoms with Crippen LogP contribution in [-0.2, 0) is 0 Å². The molecule has 1 atom stereocenters. The Morgan fingerprint density at radius 3 is 2.94 bits per heavy atom. The Hall–Kier alpha value is -1.54. The number of carbonyl (C=O) groups is 1. The van der Waals surface area contributed by atoms with Crippen LogP contribution < -0.4 is 5.32 Å². The number of thioether (sulfide) groups is 1. The summed E-state index contributed by atoms with van der Waals surface area (Å²) in [5, 5.41) is 12.0. The fraction of sp³-hybridized carbons (Fsp3) is 0.385. The Morgan fingerprint density at radius 2 is 2.39 bits per heavy atom. The number of amides is 1. The molecule has 0 radical (unpaired) electrons. The van der Waals surface area contributed by atoms with Crippen LogP contribution in [0.1, 0.15) is 22.3 Å². The number of carbonyl (C=O) groups excluding carboxylic acids is 1. The molecule has 1 aliphatic rings. The third-order valence-corrected chi connectivity index (χ3v) is 4.21. The van der Waals surface area contributed by atoms with Crippen LogP contribution >= 0.6 is 11.8 Å². The number of rotatable bonds is 2. The monoisotopic (exact) mass is 264 g/mol. The molecule has 1 N–H and O–H groups in total. The topological polar surface area (TPSA) is 52.9 Å². The molecule has 1 amide bonds. The van der Waals surface area contributed by atoms with Gasteiger partial charge in [0.1, 0.15) is 11.4 Å². The SMILES string of the molecule is Cc1cc(F)ccc1C(=O)NC1(C#N)CCSC1. The second-order valence-corrected chi connectivity index (χ2v) is 5.52. The zero-order valence-corrected chi connectivity index (χ0v) is 10.8. The quantitative estimate of drug-likeness (QED) is 0.891. The summed E-state index contributed by atoms with van der Waals surface area (Å²) in [4.78, 5) is 12.1. The van der Waals surface area contributed by atoms with E-state index in [1.165, 1.54) is 18.2 Å². The van der Waals surface area contributed by atoms with Crippen molar-refractivity contribution in [3.63, 3.8) is 0 Å². The number of hydrogen-bond donors (Lipinski definition) is 1. The van der Waals surface area contributed by atoms with E-state index in [1.807, 2.05) is 0 Å². The van der Waals surface area contributed by atoms with Crippen molar-refractivity contribution in [1.82, 2.24) is 5.32 Å². The van der Waals surface area contributed by atoms with Crippen LogP contribution in [0.15, 0.2) is 18.2 Å². The highest BCUT2D eigenvalue weighted by Gasteiger charge is 2.36. The molecular formula is C13H13FN2OS. The van der Waals surface area contributed by atoms with Crippen LogP contribution in [0.2, 0.25) is 0 Å². The number of halogens is 1. The van der Waals surface area contributed by atoms with E-state index >= 15 is 0 Å². The maximum atomic E-state index is 13.0. The Labute approximate surface area is 109 Å². The molecule has 1 saturated heterocycles. The van der Waals surface area contributed by atoms with Crippen LogP contribution in [-0.4, -0.2) is 23.0 Å². The molecule has 1 unspecified atom stereocenters. The van der Waals surface area contributed by atoms with Gasteiger partial charge < -0.3 is 5.32 Å². The minimum absolute atomic E-state index is 0.309. The number of nitrogens with one attached hydrogen (secondary N) is 1. The van der Waals surface area contributed by atoms with Gasteiger partial charge in [-0.25, -0.2) is 4.39 Å². The van der Waals surface area contributed by atoms with Gasteiger partial charge >= 0.3 is 0 Å². The standard InChI is InChI=1S/C13H13FN2OS/c1-9-6-10(14)2-3-11(9)12(17)16-13(7-15)4-5-18-8-13/h2-3,6H,4-5,8H2,1H3,(H,16,17). The fourth-order valence-corrected chi connectivity index (χ4v) is 3.21. The van der Waals surface area contributed by atoms with Crippen LogP contribution in [0.5, 0.6) is 0 Å². The van der Waals surface area contributed by atoms with Crippen molar-refractivity contribution < 1.29 is 9.18 Å². The van der Waals surface area contributed by atoms with Gasteiger partial charge in [-0.1, -0.05) is 0 Å². The van der Waals surface area contributed by atoms with E-state index in [2.05, 4.69) is 11.4 Å². The van der Waals surface area contributed by atoms with Crippen LogP contribution in [0.4, 0.5) is 4.39 Å². The molecule has 1 heterocycles. The minimum Gasteiger partial charge on any atom is -0.333 e. The van der Waals surface area contributed by atoms with E-state index in [1.54, 1.807) is 18.7 Å². The smallest absolute Gasteiger partial charge is 0.252 e. The first-order valence-electron chi connectivity index (χ1n) is 5.64. The molecule has 18 heavy (non-hydrogen) atoms. The molecular weight excluding hydrogens is 251 g/mol. The van der Waals surface area contributed by atoms with E-state index < -0.39 is 5.54 Å². The van der Waals surface area contributed by atoms with Gasteiger partial charge in [0, 0.05) is 11.3 Å². The van der Waals surface area contributed by atoms with Crippen molar-refractivity contribution in [3.8, 4) is 6.07 Å². The first kappa shape index (κ1) is 12.9. The average Bonchev–Trinajstić information content (AvgIpc) is 2.78. The molecule has 0 aromatic heterocycles. The predicted octanol–water partition coefficient (Wildman–Crippen LogP) is 2.26. The van der Waals surface area contributed by atoms with E-state index in [-0.39, 0.29) is 11.7 Å². The van der Waals surface area contributed by atoms with Crippen molar-refractivity contribution in [2.45, 2.75) is 18.9 Å². The summed E-state index contributed by atoms with van der Waals surface area (Å²) in [7, 11) is 0. The Morgan fingerprint density at radius 1 is 1.61 bits per heavy atom. The highest BCUT2D eigenvalue weighted by atomic mass is 32.2. The summed E-state index contributed by atoms with van der Waals surface area (Å²) in [5.41, 5.74) is 0.219. The molecule has 2 rings (SSSR count). The van der Waals surface area contributed by atoms with Gasteiger partial charge in [-0.3, -0.25) is 4.79 Å². The second-order valence-electron chi connectivity index (χ2n) is 4.41. The summed E-state index contributed by atoms with van der Waals surface area (Å²) in [5.74, 6) is 0.804. The summed E-state index contributed by atoms with van der Waals surface area (Å²) in [6.07, 6.45) is 0.653. The molecule has 5 heteroatoms. The lowest BCUT2D eigenvalue weighted by Crippen LogP contribution is -2.47. The Kier molecular flexibility index (Phi) is 3.58. The van der Waals surface area contributed by atoms with E-state index in [0.29, 0.717) is 23.3 Å². The number of benzene rings is 1. The molecule has 94 valence electrons. The van der Waals surface area contributed by atoms with Crippen molar-refractivity contribution in [3.05, 3.63) is 35.1 Å². The summed E-state index contributed by atoms with van der Waals surface area (Å²) < 4.78 is 13.0. The number of nitrogens with zero attached hydrogens (tertiary/aromatic N) is 1. The van der Waals surface area contributed by atoms with Gasteiger partial charge in [0.25, 0.3) is 5.91 Å². The molecule has 3 nitrogen and oxygen atoms in total. The molecule has 1 aromatic carbocycles. The summed E-state index contributed by atoms with van der Waals surface area (Å²) in [6, 6.07) is 6.20. The normalized spacial score (nSPS) is 22.5. The molecule has 0 bridgehead atoms. The number of nitriles is 1. The van der Waals surface area contributed by atoms with Gasteiger partial charge in [-0.2, -0.15) is 17.0 Å². The van der Waals surface area contributed by atoms with Crippen molar-refractivity contribution in [2.75, 3.05) is 11.5 Å². The van der Waals surface area contributed by atoms with Crippen LogP contribution in [0, 0.1) is 24.1 Å². The molecule has 0 spiro atoms. The zero-order valence-electron chi connectivity index (χ0n) is 10.00. The molecule has 1 aromatic rings. The van der Waals surface area contributed by atoms with Crippen molar-refractivity contribution in [2.24, 2.45) is 0 Å². The van der Waals surface area contributed by atoms with E-state index in [4.69, 9.17) is 0 Å². The number of aryl methyl sites for hydroxylation is 1. The van der Waals surface area contributed by atoms with E-state index in [9.17, 15) is 14.4 Å². The maximum absolute atomic E-state index is 13.0. The molecule has 0 saturated carbocycles. The predicted molar refractivity (Wildman–Crippen MR) is 68.9 cm³/mol. The van der Waals surface area contributed by atoms with Gasteiger partial charge in [-0.15, -0.1) is 0 Å². The lowest BCUT2D eigenvalue weighted by atomic mass is 9.99. The third kappa shape index (κ3) is 2.49. The second kappa shape index (κ2) is 4.99. The van der Waals surface area contributed by atoms with Gasteiger partial charge in [0.2, 0.25) is 0 Å². The highest BCUT2D eigenvalue weighted by molar-refractivity contribution is 7.99. The van der Waals surface area contributed by atoms with Crippen LogP contribution in [0.3, 0.4) is 0 Å². The Balaban J connectivity index is 2.19. The summed E-state index contributed by atoms with van der Waals surface area (Å²) >= 11 is 1.65. The highest BCUT2D eigenvalue weighted by Crippen LogP contribution is 2.27. The third-order valence-electron chi connectivity index (χ3n) is 3.02. The molecule has 1 aliphatic heterocycles.